The molecular formula is C14H10BrN5O. The van der Waals surface area contributed by atoms with Crippen molar-refractivity contribution in [3.8, 4) is 5.82 Å². The minimum atomic E-state index is -0.235. The summed E-state index contributed by atoms with van der Waals surface area (Å²) in [6.07, 6.45) is 9.86. The van der Waals surface area contributed by atoms with Crippen LogP contribution in [0.25, 0.3) is 5.82 Å². The highest BCUT2D eigenvalue weighted by molar-refractivity contribution is 9.10. The number of halogens is 1. The van der Waals surface area contributed by atoms with Crippen LogP contribution in [-0.4, -0.2) is 25.4 Å². The van der Waals surface area contributed by atoms with Crippen molar-refractivity contribution in [2.75, 3.05) is 5.32 Å². The Labute approximate surface area is 129 Å². The summed E-state index contributed by atoms with van der Waals surface area (Å²) in [4.78, 5) is 24.3. The van der Waals surface area contributed by atoms with Gasteiger partial charge in [0.25, 0.3) is 5.91 Å². The molecule has 0 unspecified atom stereocenters. The maximum atomic E-state index is 12.1. The fourth-order valence-corrected chi connectivity index (χ4v) is 2.11. The van der Waals surface area contributed by atoms with Crippen LogP contribution in [-0.2, 0) is 0 Å². The summed E-state index contributed by atoms with van der Waals surface area (Å²) >= 11 is 3.28. The van der Waals surface area contributed by atoms with Crippen molar-refractivity contribution in [2.24, 2.45) is 0 Å². The summed E-state index contributed by atoms with van der Waals surface area (Å²) < 4.78 is 2.54. The molecule has 0 aliphatic rings. The minimum Gasteiger partial charge on any atom is -0.321 e. The van der Waals surface area contributed by atoms with Crippen LogP contribution in [0.5, 0.6) is 0 Å². The number of hydrogen-bond acceptors (Lipinski definition) is 4. The molecular weight excluding hydrogens is 334 g/mol. The second-order valence-corrected chi connectivity index (χ2v) is 5.14. The van der Waals surface area contributed by atoms with E-state index in [1.807, 2.05) is 0 Å². The maximum absolute atomic E-state index is 12.1. The Bertz CT molecular complexity index is 755. The molecule has 0 spiro atoms. The molecule has 0 saturated heterocycles. The van der Waals surface area contributed by atoms with Gasteiger partial charge in [0.05, 0.1) is 17.4 Å². The fraction of sp³-hybridized carbons (Fsp3) is 0. The van der Waals surface area contributed by atoms with E-state index in [2.05, 4.69) is 36.2 Å². The number of nitrogens with one attached hydrogen (secondary N) is 1. The lowest BCUT2D eigenvalue weighted by atomic mass is 10.2. The first-order chi connectivity index (χ1) is 10.2. The van der Waals surface area contributed by atoms with Crippen LogP contribution in [0, 0.1) is 0 Å². The van der Waals surface area contributed by atoms with Crippen molar-refractivity contribution in [3.05, 3.63) is 65.5 Å². The maximum Gasteiger partial charge on any atom is 0.257 e. The predicted molar refractivity (Wildman–Crippen MR) is 81.2 cm³/mol. The lowest BCUT2D eigenvalue weighted by Crippen LogP contribution is -2.12. The molecule has 3 aromatic rings. The van der Waals surface area contributed by atoms with Crippen LogP contribution in [0.4, 0.5) is 5.69 Å². The lowest BCUT2D eigenvalue weighted by molar-refractivity contribution is 0.102. The van der Waals surface area contributed by atoms with E-state index in [0.717, 1.165) is 10.3 Å². The SMILES string of the molecule is O=C(Nc1ccc(-n2ccnc2)nc1)c1cncc(Br)c1. The van der Waals surface area contributed by atoms with Gasteiger partial charge < -0.3 is 5.32 Å². The summed E-state index contributed by atoms with van der Waals surface area (Å²) in [5, 5.41) is 2.77. The van der Waals surface area contributed by atoms with Crippen molar-refractivity contribution < 1.29 is 4.79 Å². The van der Waals surface area contributed by atoms with Crippen LogP contribution in [0.15, 0.2) is 60.0 Å². The van der Waals surface area contributed by atoms with Gasteiger partial charge in [0.2, 0.25) is 0 Å². The lowest BCUT2D eigenvalue weighted by Gasteiger charge is -2.06. The third kappa shape index (κ3) is 3.14. The first kappa shape index (κ1) is 13.4. The normalized spacial score (nSPS) is 10.3. The Balaban J connectivity index is 1.75. The number of nitrogens with zero attached hydrogens (tertiary/aromatic N) is 4. The Morgan fingerprint density at radius 3 is 2.76 bits per heavy atom. The Morgan fingerprint density at radius 2 is 2.10 bits per heavy atom. The van der Waals surface area contributed by atoms with E-state index < -0.39 is 0 Å². The van der Waals surface area contributed by atoms with E-state index in [0.29, 0.717) is 11.3 Å². The number of rotatable bonds is 3. The smallest absolute Gasteiger partial charge is 0.257 e. The molecule has 3 aromatic heterocycles. The largest absolute Gasteiger partial charge is 0.321 e. The van der Waals surface area contributed by atoms with Crippen LogP contribution in [0.2, 0.25) is 0 Å². The Morgan fingerprint density at radius 1 is 1.19 bits per heavy atom. The van der Waals surface area contributed by atoms with E-state index >= 15 is 0 Å². The van der Waals surface area contributed by atoms with Gasteiger partial charge in [-0.25, -0.2) is 9.97 Å². The minimum absolute atomic E-state index is 0.235. The molecule has 1 N–H and O–H groups in total. The molecule has 104 valence electrons. The highest BCUT2D eigenvalue weighted by Gasteiger charge is 2.07. The number of pyridine rings is 2. The third-order valence-electron chi connectivity index (χ3n) is 2.74. The van der Waals surface area contributed by atoms with Crippen molar-refractivity contribution >= 4 is 27.5 Å². The van der Waals surface area contributed by atoms with Gasteiger partial charge in [0.15, 0.2) is 0 Å². The van der Waals surface area contributed by atoms with Crippen molar-refractivity contribution in [1.82, 2.24) is 19.5 Å². The van der Waals surface area contributed by atoms with Crippen molar-refractivity contribution in [3.63, 3.8) is 0 Å². The molecule has 0 aromatic carbocycles. The zero-order valence-corrected chi connectivity index (χ0v) is 12.4. The quantitative estimate of drug-likeness (QED) is 0.793. The molecule has 6 nitrogen and oxygen atoms in total. The zero-order chi connectivity index (χ0) is 14.7. The molecule has 0 radical (unpaired) electrons. The van der Waals surface area contributed by atoms with Crippen molar-refractivity contribution in [1.29, 1.82) is 0 Å². The highest BCUT2D eigenvalue weighted by Crippen LogP contribution is 2.13. The molecule has 3 rings (SSSR count). The molecule has 0 atom stereocenters. The predicted octanol–water partition coefficient (Wildman–Crippen LogP) is 2.68. The van der Waals surface area contributed by atoms with E-state index in [-0.39, 0.29) is 5.91 Å². The van der Waals surface area contributed by atoms with Gasteiger partial charge in [-0.2, -0.15) is 0 Å². The van der Waals surface area contributed by atoms with Crippen molar-refractivity contribution in [2.45, 2.75) is 0 Å². The summed E-state index contributed by atoms with van der Waals surface area (Å²) in [5.41, 5.74) is 1.09. The first-order valence-corrected chi connectivity index (χ1v) is 6.88. The number of aromatic nitrogens is 4. The van der Waals surface area contributed by atoms with Gasteiger partial charge >= 0.3 is 0 Å². The Kier molecular flexibility index (Phi) is 3.74. The molecule has 0 aliphatic carbocycles. The second kappa shape index (κ2) is 5.84. The molecule has 0 saturated carbocycles. The number of anilines is 1. The van der Waals surface area contributed by atoms with E-state index in [9.17, 15) is 4.79 Å². The summed E-state index contributed by atoms with van der Waals surface area (Å²) in [7, 11) is 0. The molecule has 3 heterocycles. The number of carbonyl (C=O) groups excluding carboxylic acids is 1. The first-order valence-electron chi connectivity index (χ1n) is 6.09. The fourth-order valence-electron chi connectivity index (χ4n) is 1.75. The summed E-state index contributed by atoms with van der Waals surface area (Å²) in [5.74, 6) is 0.496. The molecule has 0 bridgehead atoms. The van der Waals surface area contributed by atoms with Crippen LogP contribution >= 0.6 is 15.9 Å². The monoisotopic (exact) mass is 343 g/mol. The van der Waals surface area contributed by atoms with Gasteiger partial charge in [-0.1, -0.05) is 0 Å². The third-order valence-corrected chi connectivity index (χ3v) is 3.18. The molecule has 21 heavy (non-hydrogen) atoms. The van der Waals surface area contributed by atoms with E-state index in [1.165, 1.54) is 6.20 Å². The zero-order valence-electron chi connectivity index (χ0n) is 10.8. The number of amides is 1. The number of hydrogen-bond donors (Lipinski definition) is 1. The highest BCUT2D eigenvalue weighted by atomic mass is 79.9. The molecule has 1 amide bonds. The standard InChI is InChI=1S/C14H10BrN5O/c15-11-5-10(6-17-7-11)14(21)19-12-1-2-13(18-8-12)20-4-3-16-9-20/h1-9H,(H,19,21). The average molecular weight is 344 g/mol. The van der Waals surface area contributed by atoms with Crippen LogP contribution in [0.3, 0.4) is 0 Å². The van der Waals surface area contributed by atoms with Gasteiger partial charge in [-0.05, 0) is 34.1 Å². The van der Waals surface area contributed by atoms with Gasteiger partial charge in [-0.15, -0.1) is 0 Å². The van der Waals surface area contributed by atoms with Gasteiger partial charge in [-0.3, -0.25) is 14.3 Å². The van der Waals surface area contributed by atoms with Gasteiger partial charge in [0.1, 0.15) is 12.1 Å². The summed E-state index contributed by atoms with van der Waals surface area (Å²) in [6.45, 7) is 0. The molecule has 7 heteroatoms. The number of imidazole rings is 1. The van der Waals surface area contributed by atoms with Crippen LogP contribution in [0.1, 0.15) is 10.4 Å². The summed E-state index contributed by atoms with van der Waals surface area (Å²) in [6, 6.07) is 5.29. The van der Waals surface area contributed by atoms with E-state index in [1.54, 1.807) is 53.9 Å². The topological polar surface area (TPSA) is 72.7 Å². The number of carbonyl (C=O) groups is 1. The Hall–Kier alpha value is -2.54. The van der Waals surface area contributed by atoms with Crippen LogP contribution < -0.4 is 5.32 Å². The second-order valence-electron chi connectivity index (χ2n) is 4.22. The van der Waals surface area contributed by atoms with Gasteiger partial charge in [0, 0.05) is 29.3 Å². The molecule has 0 fully saturated rings. The average Bonchev–Trinajstić information content (AvgIpc) is 3.02. The van der Waals surface area contributed by atoms with E-state index in [4.69, 9.17) is 0 Å². The molecule has 0 aliphatic heterocycles.